The van der Waals surface area contributed by atoms with Crippen LogP contribution in [0.25, 0.3) is 0 Å². The smallest absolute Gasteiger partial charge is 0.148 e. The van der Waals surface area contributed by atoms with Crippen LogP contribution in [0.2, 0.25) is 0 Å². The quantitative estimate of drug-likeness (QED) is 0.714. The first kappa shape index (κ1) is 9.11. The summed E-state index contributed by atoms with van der Waals surface area (Å²) in [5, 5.41) is 0. The SMILES string of the molecule is C#CCOc1ccc2c(c1)CC[C@H]2N. The summed E-state index contributed by atoms with van der Waals surface area (Å²) in [6.45, 7) is 0.324. The number of rotatable bonds is 2. The van der Waals surface area contributed by atoms with E-state index in [4.69, 9.17) is 16.9 Å². The Morgan fingerprint density at radius 1 is 1.57 bits per heavy atom. The van der Waals surface area contributed by atoms with Crippen LogP contribution >= 0.6 is 0 Å². The number of nitrogens with two attached hydrogens (primary N) is 1. The molecule has 2 heteroatoms. The topological polar surface area (TPSA) is 35.2 Å². The second-order valence-corrected chi connectivity index (χ2v) is 3.50. The molecule has 0 spiro atoms. The van der Waals surface area contributed by atoms with Gasteiger partial charge in [-0.25, -0.2) is 0 Å². The highest BCUT2D eigenvalue weighted by molar-refractivity contribution is 5.40. The number of fused-ring (bicyclic) bond motifs is 1. The van der Waals surface area contributed by atoms with Gasteiger partial charge in [-0.1, -0.05) is 12.0 Å². The summed E-state index contributed by atoms with van der Waals surface area (Å²) in [5.74, 6) is 3.29. The summed E-state index contributed by atoms with van der Waals surface area (Å²) in [7, 11) is 0. The molecule has 0 aliphatic heterocycles. The lowest BCUT2D eigenvalue weighted by atomic mass is 10.1. The van der Waals surface area contributed by atoms with Crippen LogP contribution in [0, 0.1) is 12.3 Å². The molecule has 0 amide bonds. The molecule has 0 saturated carbocycles. The first-order valence-electron chi connectivity index (χ1n) is 4.76. The maximum absolute atomic E-state index is 5.92. The highest BCUT2D eigenvalue weighted by Gasteiger charge is 2.18. The molecule has 0 fully saturated rings. The Hall–Kier alpha value is -1.46. The van der Waals surface area contributed by atoms with Gasteiger partial charge in [-0.3, -0.25) is 0 Å². The van der Waals surface area contributed by atoms with Gasteiger partial charge in [0.2, 0.25) is 0 Å². The first-order valence-corrected chi connectivity index (χ1v) is 4.76. The summed E-state index contributed by atoms with van der Waals surface area (Å²) in [4.78, 5) is 0. The van der Waals surface area contributed by atoms with Gasteiger partial charge in [-0.2, -0.15) is 0 Å². The lowest BCUT2D eigenvalue weighted by Crippen LogP contribution is -2.05. The van der Waals surface area contributed by atoms with Crippen LogP contribution in [0.4, 0.5) is 0 Å². The van der Waals surface area contributed by atoms with Gasteiger partial charge >= 0.3 is 0 Å². The average Bonchev–Trinajstić information content (AvgIpc) is 2.57. The van der Waals surface area contributed by atoms with E-state index in [9.17, 15) is 0 Å². The molecular formula is C12H13NO. The van der Waals surface area contributed by atoms with Gasteiger partial charge in [0.15, 0.2) is 0 Å². The van der Waals surface area contributed by atoms with Crippen LogP contribution in [0.5, 0.6) is 5.75 Å². The number of hydrogen-bond donors (Lipinski definition) is 1. The van der Waals surface area contributed by atoms with Gasteiger partial charge in [0, 0.05) is 6.04 Å². The molecular weight excluding hydrogens is 174 g/mol. The largest absolute Gasteiger partial charge is 0.481 e. The van der Waals surface area contributed by atoms with Crippen LogP contribution in [0.1, 0.15) is 23.6 Å². The van der Waals surface area contributed by atoms with Gasteiger partial charge in [-0.05, 0) is 36.1 Å². The normalized spacial score (nSPS) is 18.7. The summed E-state index contributed by atoms with van der Waals surface area (Å²) in [5.41, 5.74) is 8.47. The highest BCUT2D eigenvalue weighted by Crippen LogP contribution is 2.31. The second-order valence-electron chi connectivity index (χ2n) is 3.50. The number of hydrogen-bond acceptors (Lipinski definition) is 2. The molecule has 0 saturated heterocycles. The molecule has 0 unspecified atom stereocenters. The molecule has 1 atom stereocenters. The van der Waals surface area contributed by atoms with Gasteiger partial charge in [0.05, 0.1) is 0 Å². The molecule has 0 bridgehead atoms. The molecule has 2 N–H and O–H groups in total. The van der Waals surface area contributed by atoms with Gasteiger partial charge < -0.3 is 10.5 Å². The summed E-state index contributed by atoms with van der Waals surface area (Å²) >= 11 is 0. The van der Waals surface area contributed by atoms with Crippen LogP contribution in [0.3, 0.4) is 0 Å². The second kappa shape index (κ2) is 3.73. The first-order chi connectivity index (χ1) is 6.81. The number of benzene rings is 1. The van der Waals surface area contributed by atoms with E-state index in [-0.39, 0.29) is 6.04 Å². The van der Waals surface area contributed by atoms with Crippen LogP contribution in [0.15, 0.2) is 18.2 Å². The highest BCUT2D eigenvalue weighted by atomic mass is 16.5. The van der Waals surface area contributed by atoms with E-state index in [2.05, 4.69) is 5.92 Å². The van der Waals surface area contributed by atoms with Crippen molar-refractivity contribution < 1.29 is 4.74 Å². The Bertz CT molecular complexity index is 378. The maximum atomic E-state index is 5.92. The van der Waals surface area contributed by atoms with E-state index in [1.165, 1.54) is 11.1 Å². The molecule has 1 aromatic rings. The van der Waals surface area contributed by atoms with Crippen molar-refractivity contribution >= 4 is 0 Å². The molecule has 1 aromatic carbocycles. The number of aryl methyl sites for hydroxylation is 1. The standard InChI is InChI=1S/C12H13NO/c1-2-7-14-10-4-5-11-9(8-10)3-6-12(11)13/h1,4-5,8,12H,3,6-7,13H2/t12-/m1/s1. The maximum Gasteiger partial charge on any atom is 0.148 e. The Morgan fingerprint density at radius 2 is 2.43 bits per heavy atom. The lowest BCUT2D eigenvalue weighted by Gasteiger charge is -2.07. The third-order valence-electron chi connectivity index (χ3n) is 2.56. The van der Waals surface area contributed by atoms with E-state index in [1.54, 1.807) is 0 Å². The van der Waals surface area contributed by atoms with E-state index < -0.39 is 0 Å². The van der Waals surface area contributed by atoms with E-state index >= 15 is 0 Å². The molecule has 1 aliphatic carbocycles. The van der Waals surface area contributed by atoms with Crippen LogP contribution in [-0.4, -0.2) is 6.61 Å². The van der Waals surface area contributed by atoms with Crippen LogP contribution < -0.4 is 10.5 Å². The molecule has 72 valence electrons. The third-order valence-corrected chi connectivity index (χ3v) is 2.56. The molecule has 2 rings (SSSR count). The van der Waals surface area contributed by atoms with Gasteiger partial charge in [0.25, 0.3) is 0 Å². The molecule has 0 radical (unpaired) electrons. The Kier molecular flexibility index (Phi) is 2.43. The minimum atomic E-state index is 0.201. The number of ether oxygens (including phenoxy) is 1. The van der Waals surface area contributed by atoms with Gasteiger partial charge in [-0.15, -0.1) is 6.42 Å². The van der Waals surface area contributed by atoms with Crippen molar-refractivity contribution in [1.29, 1.82) is 0 Å². The molecule has 1 aliphatic rings. The minimum absolute atomic E-state index is 0.201. The fourth-order valence-corrected chi connectivity index (χ4v) is 1.84. The van der Waals surface area contributed by atoms with Crippen molar-refractivity contribution in [3.8, 4) is 18.1 Å². The van der Waals surface area contributed by atoms with E-state index in [1.807, 2.05) is 18.2 Å². The molecule has 0 aromatic heterocycles. The Morgan fingerprint density at radius 3 is 3.21 bits per heavy atom. The predicted octanol–water partition coefficient (Wildman–Crippen LogP) is 1.64. The van der Waals surface area contributed by atoms with Crippen molar-refractivity contribution in [2.45, 2.75) is 18.9 Å². The minimum Gasteiger partial charge on any atom is -0.481 e. The molecule has 0 heterocycles. The van der Waals surface area contributed by atoms with Crippen LogP contribution in [-0.2, 0) is 6.42 Å². The van der Waals surface area contributed by atoms with Crippen molar-refractivity contribution in [2.75, 3.05) is 6.61 Å². The van der Waals surface area contributed by atoms with E-state index in [0.29, 0.717) is 6.61 Å². The van der Waals surface area contributed by atoms with E-state index in [0.717, 1.165) is 18.6 Å². The molecule has 2 nitrogen and oxygen atoms in total. The predicted molar refractivity (Wildman–Crippen MR) is 56.0 cm³/mol. The Labute approximate surface area is 84.1 Å². The van der Waals surface area contributed by atoms with Crippen molar-refractivity contribution in [3.63, 3.8) is 0 Å². The summed E-state index contributed by atoms with van der Waals surface area (Å²) < 4.78 is 5.34. The zero-order valence-electron chi connectivity index (χ0n) is 7.99. The molecule has 14 heavy (non-hydrogen) atoms. The van der Waals surface area contributed by atoms with Crippen molar-refractivity contribution in [2.24, 2.45) is 5.73 Å². The zero-order valence-corrected chi connectivity index (χ0v) is 7.99. The third kappa shape index (κ3) is 1.59. The zero-order chi connectivity index (χ0) is 9.97. The van der Waals surface area contributed by atoms with Gasteiger partial charge in [0.1, 0.15) is 12.4 Å². The fraction of sp³-hybridized carbons (Fsp3) is 0.333. The monoisotopic (exact) mass is 187 g/mol. The van der Waals surface area contributed by atoms with Crippen molar-refractivity contribution in [1.82, 2.24) is 0 Å². The Balaban J connectivity index is 2.20. The summed E-state index contributed by atoms with van der Waals surface area (Å²) in [6.07, 6.45) is 7.20. The van der Waals surface area contributed by atoms with Crippen molar-refractivity contribution in [3.05, 3.63) is 29.3 Å². The summed E-state index contributed by atoms with van der Waals surface area (Å²) in [6, 6.07) is 6.21. The fourth-order valence-electron chi connectivity index (χ4n) is 1.84. The lowest BCUT2D eigenvalue weighted by molar-refractivity contribution is 0.370. The number of terminal acetylenes is 1. The average molecular weight is 187 g/mol.